The predicted molar refractivity (Wildman–Crippen MR) is 96.9 cm³/mol. The summed E-state index contributed by atoms with van der Waals surface area (Å²) in [5, 5.41) is 20.8. The lowest BCUT2D eigenvalue weighted by Crippen LogP contribution is -2.38. The Kier molecular flexibility index (Phi) is 7.18. The van der Waals surface area contributed by atoms with Gasteiger partial charge in [-0.1, -0.05) is 6.92 Å². The molecular formula is C16H27N2O8P. The van der Waals surface area contributed by atoms with Gasteiger partial charge in [0.25, 0.3) is 5.56 Å². The van der Waals surface area contributed by atoms with Gasteiger partial charge in [0.1, 0.15) is 12.2 Å². The molecule has 0 saturated carbocycles. The molecule has 2 rings (SSSR count). The Hall–Kier alpha value is -1.29. The highest BCUT2D eigenvalue weighted by Crippen LogP contribution is 2.51. The van der Waals surface area contributed by atoms with Gasteiger partial charge in [0.05, 0.1) is 25.5 Å². The Bertz CT molecular complexity index is 796. The van der Waals surface area contributed by atoms with Crippen molar-refractivity contribution in [2.45, 2.75) is 52.2 Å². The summed E-state index contributed by atoms with van der Waals surface area (Å²) < 4.78 is 30.0. The summed E-state index contributed by atoms with van der Waals surface area (Å²) in [6, 6.07) is 0. The van der Waals surface area contributed by atoms with Crippen molar-refractivity contribution in [3.8, 4) is 0 Å². The molecule has 27 heavy (non-hydrogen) atoms. The minimum absolute atomic E-state index is 0.0185. The third-order valence-corrected chi connectivity index (χ3v) is 6.75. The van der Waals surface area contributed by atoms with E-state index in [4.69, 9.17) is 13.8 Å². The molecule has 0 spiro atoms. The first-order chi connectivity index (χ1) is 12.6. The minimum Gasteiger partial charge on any atom is -0.388 e. The van der Waals surface area contributed by atoms with Crippen molar-refractivity contribution in [1.29, 1.82) is 0 Å². The zero-order chi connectivity index (χ0) is 20.4. The second kappa shape index (κ2) is 8.81. The van der Waals surface area contributed by atoms with Crippen LogP contribution in [0.3, 0.4) is 0 Å². The van der Waals surface area contributed by atoms with Crippen LogP contribution in [0.4, 0.5) is 0 Å². The van der Waals surface area contributed by atoms with Crippen molar-refractivity contribution in [2.75, 3.05) is 19.4 Å². The van der Waals surface area contributed by atoms with Crippen molar-refractivity contribution < 1.29 is 28.6 Å². The van der Waals surface area contributed by atoms with E-state index in [0.717, 1.165) is 4.57 Å². The van der Waals surface area contributed by atoms with Gasteiger partial charge in [-0.15, -0.1) is 0 Å². The van der Waals surface area contributed by atoms with E-state index in [9.17, 15) is 24.4 Å². The summed E-state index contributed by atoms with van der Waals surface area (Å²) >= 11 is 0. The van der Waals surface area contributed by atoms with E-state index in [1.54, 1.807) is 20.8 Å². The number of H-pyrrole nitrogens is 1. The number of nitrogens with zero attached hydrogens (tertiary/aromatic N) is 1. The second-order valence-electron chi connectivity index (χ2n) is 6.56. The highest BCUT2D eigenvalue weighted by molar-refractivity contribution is 7.53. The number of aromatic amines is 1. The molecule has 10 nitrogen and oxygen atoms in total. The molecule has 5 atom stereocenters. The fourth-order valence-corrected chi connectivity index (χ4v) is 5.14. The van der Waals surface area contributed by atoms with Crippen molar-refractivity contribution in [3.63, 3.8) is 0 Å². The lowest BCUT2D eigenvalue weighted by Gasteiger charge is -2.26. The Balaban J connectivity index is 2.23. The molecule has 1 saturated heterocycles. The first-order valence-corrected chi connectivity index (χ1v) is 10.6. The van der Waals surface area contributed by atoms with Crippen molar-refractivity contribution in [1.82, 2.24) is 9.55 Å². The first kappa shape index (κ1) is 22.0. The molecule has 11 heteroatoms. The number of aryl methyl sites for hydroxylation is 1. The molecule has 1 aromatic rings. The summed E-state index contributed by atoms with van der Waals surface area (Å²) in [4.78, 5) is 25.7. The summed E-state index contributed by atoms with van der Waals surface area (Å²) in [6.45, 7) is 7.00. The van der Waals surface area contributed by atoms with Gasteiger partial charge < -0.3 is 24.0 Å². The van der Waals surface area contributed by atoms with Crippen LogP contribution in [-0.2, 0) is 18.3 Å². The molecule has 154 valence electrons. The van der Waals surface area contributed by atoms with E-state index in [1.807, 2.05) is 0 Å². The molecule has 1 aromatic heterocycles. The minimum atomic E-state index is -3.38. The zero-order valence-corrected chi connectivity index (χ0v) is 16.7. The number of nitrogens with one attached hydrogen (secondary N) is 1. The van der Waals surface area contributed by atoms with Gasteiger partial charge in [-0.25, -0.2) is 4.79 Å². The number of hydrogen-bond acceptors (Lipinski definition) is 8. The molecule has 1 aliphatic rings. The van der Waals surface area contributed by atoms with Gasteiger partial charge in [-0.3, -0.25) is 18.9 Å². The molecule has 0 aromatic carbocycles. The quantitative estimate of drug-likeness (QED) is 0.526. The van der Waals surface area contributed by atoms with Crippen LogP contribution in [0.2, 0.25) is 0 Å². The maximum absolute atomic E-state index is 12.7. The lowest BCUT2D eigenvalue weighted by atomic mass is 10.0. The summed E-state index contributed by atoms with van der Waals surface area (Å²) in [5.74, 6) is -0.497. The van der Waals surface area contributed by atoms with E-state index >= 15 is 0 Å². The molecular weight excluding hydrogens is 379 g/mol. The van der Waals surface area contributed by atoms with Crippen LogP contribution in [0, 0.1) is 12.8 Å². The van der Waals surface area contributed by atoms with Gasteiger partial charge in [-0.05, 0) is 26.7 Å². The number of rotatable bonds is 8. The second-order valence-corrected chi connectivity index (χ2v) is 8.66. The normalized spacial score (nSPS) is 27.0. The van der Waals surface area contributed by atoms with Gasteiger partial charge in [0.2, 0.25) is 0 Å². The Morgan fingerprint density at radius 2 is 1.85 bits per heavy atom. The highest BCUT2D eigenvalue weighted by Gasteiger charge is 2.47. The fraction of sp³-hybridized carbons (Fsp3) is 0.750. The molecule has 2 heterocycles. The molecule has 0 amide bonds. The number of aromatic nitrogens is 2. The lowest BCUT2D eigenvalue weighted by molar-refractivity contribution is -0.0537. The number of aliphatic hydroxyl groups is 2. The maximum Gasteiger partial charge on any atom is 0.331 e. The molecule has 0 unspecified atom stereocenters. The highest BCUT2D eigenvalue weighted by atomic mass is 31.2. The molecule has 1 fully saturated rings. The van der Waals surface area contributed by atoms with Gasteiger partial charge in [-0.2, -0.15) is 0 Å². The third kappa shape index (κ3) is 4.77. The van der Waals surface area contributed by atoms with E-state index < -0.39 is 49.3 Å². The number of ether oxygens (including phenoxy) is 1. The SMILES string of the molecule is CCOP(=O)(C[C@@H](C)[C@H]1O[C@@H](n2cc(C)c(=O)[nH]c2=O)[C@@H](O)[C@@H]1O)OCC. The summed E-state index contributed by atoms with van der Waals surface area (Å²) in [5.41, 5.74) is -1.04. The maximum atomic E-state index is 12.7. The number of hydrogen-bond donors (Lipinski definition) is 3. The largest absolute Gasteiger partial charge is 0.388 e. The van der Waals surface area contributed by atoms with Gasteiger partial charge >= 0.3 is 13.3 Å². The van der Waals surface area contributed by atoms with E-state index in [0.29, 0.717) is 0 Å². The Labute approximate surface area is 156 Å². The summed E-state index contributed by atoms with van der Waals surface area (Å²) in [6.07, 6.45) is -3.57. The topological polar surface area (TPSA) is 140 Å². The average Bonchev–Trinajstić information content (AvgIpc) is 2.87. The monoisotopic (exact) mass is 406 g/mol. The Morgan fingerprint density at radius 3 is 2.41 bits per heavy atom. The van der Waals surface area contributed by atoms with Crippen molar-refractivity contribution in [3.05, 3.63) is 32.6 Å². The van der Waals surface area contributed by atoms with Crippen LogP contribution in [0.5, 0.6) is 0 Å². The third-order valence-electron chi connectivity index (χ3n) is 4.42. The van der Waals surface area contributed by atoms with Crippen LogP contribution >= 0.6 is 7.60 Å². The molecule has 3 N–H and O–H groups in total. The van der Waals surface area contributed by atoms with Gasteiger partial charge in [0, 0.05) is 11.8 Å². The molecule has 0 aliphatic carbocycles. The molecule has 0 bridgehead atoms. The fourth-order valence-electron chi connectivity index (χ4n) is 3.15. The molecule has 0 radical (unpaired) electrons. The van der Waals surface area contributed by atoms with E-state index in [1.165, 1.54) is 13.1 Å². The van der Waals surface area contributed by atoms with Crippen LogP contribution in [-0.4, -0.2) is 57.5 Å². The molecule has 1 aliphatic heterocycles. The predicted octanol–water partition coefficient (Wildman–Crippen LogP) is 0.366. The van der Waals surface area contributed by atoms with Crippen molar-refractivity contribution >= 4 is 7.60 Å². The Morgan fingerprint density at radius 1 is 1.26 bits per heavy atom. The van der Waals surface area contributed by atoms with Crippen LogP contribution in [0.1, 0.15) is 32.6 Å². The van der Waals surface area contributed by atoms with Crippen LogP contribution < -0.4 is 11.2 Å². The smallest absolute Gasteiger partial charge is 0.331 e. The van der Waals surface area contributed by atoms with Crippen LogP contribution in [0.25, 0.3) is 0 Å². The van der Waals surface area contributed by atoms with Gasteiger partial charge in [0.15, 0.2) is 6.23 Å². The van der Waals surface area contributed by atoms with E-state index in [2.05, 4.69) is 4.98 Å². The van der Waals surface area contributed by atoms with Crippen molar-refractivity contribution in [2.24, 2.45) is 5.92 Å². The summed E-state index contributed by atoms with van der Waals surface area (Å²) in [7, 11) is -3.38. The van der Waals surface area contributed by atoms with E-state index in [-0.39, 0.29) is 24.9 Å². The average molecular weight is 406 g/mol. The zero-order valence-electron chi connectivity index (χ0n) is 15.8. The van der Waals surface area contributed by atoms with Crippen LogP contribution in [0.15, 0.2) is 15.8 Å². The first-order valence-electron chi connectivity index (χ1n) is 8.85. The standard InChI is InChI=1S/C16H27N2O8P/c1-5-24-27(23,25-6-2)8-10(4)13-11(19)12(20)15(26-13)18-7-9(3)14(21)17-16(18)22/h7,10-13,15,19-20H,5-6,8H2,1-4H3,(H,17,21,22)/t10-,11+,12+,13-,15-/m1/s1. The number of aliphatic hydroxyl groups excluding tert-OH is 2.